The van der Waals surface area contributed by atoms with Gasteiger partial charge >= 0.3 is 0 Å². The molecular weight excluding hydrogens is 440 g/mol. The second-order valence-corrected chi connectivity index (χ2v) is 10.5. The number of rotatable bonds is 5. The van der Waals surface area contributed by atoms with Gasteiger partial charge < -0.3 is 10.2 Å². The zero-order valence-corrected chi connectivity index (χ0v) is 19.5. The van der Waals surface area contributed by atoms with E-state index < -0.39 is 17.9 Å². The number of carbonyl (C=O) groups excluding carboxylic acids is 3. The average Bonchev–Trinajstić information content (AvgIpc) is 3.12. The third-order valence-corrected chi connectivity index (χ3v) is 8.16. The zero-order valence-electron chi connectivity index (χ0n) is 19.5. The van der Waals surface area contributed by atoms with E-state index in [0.717, 1.165) is 31.2 Å². The van der Waals surface area contributed by atoms with Crippen LogP contribution >= 0.6 is 0 Å². The predicted octanol–water partition coefficient (Wildman–Crippen LogP) is 3.72. The van der Waals surface area contributed by atoms with Gasteiger partial charge in [0.05, 0.1) is 0 Å². The summed E-state index contributed by atoms with van der Waals surface area (Å²) in [4.78, 5) is 38.3. The number of imide groups is 1. The molecule has 2 saturated carbocycles. The minimum atomic E-state index is -2.51. The Balaban J connectivity index is 1.24. The van der Waals surface area contributed by atoms with Gasteiger partial charge in [-0.1, -0.05) is 25.0 Å². The number of amides is 3. The van der Waals surface area contributed by atoms with Gasteiger partial charge in [-0.2, -0.15) is 0 Å². The molecule has 0 spiro atoms. The molecule has 5 rings (SSSR count). The van der Waals surface area contributed by atoms with Crippen molar-refractivity contribution < 1.29 is 23.2 Å². The number of nitrogens with zero attached hydrogens (tertiary/aromatic N) is 1. The van der Waals surface area contributed by atoms with Crippen molar-refractivity contribution in [2.75, 3.05) is 0 Å². The number of fused-ring (bicyclic) bond motifs is 1. The lowest BCUT2D eigenvalue weighted by Gasteiger charge is -2.38. The van der Waals surface area contributed by atoms with Crippen molar-refractivity contribution in [3.8, 4) is 0 Å². The maximum atomic E-state index is 13.5. The highest BCUT2D eigenvalue weighted by atomic mass is 19.3. The molecule has 1 saturated heterocycles. The summed E-state index contributed by atoms with van der Waals surface area (Å²) >= 11 is 0. The van der Waals surface area contributed by atoms with Crippen LogP contribution in [0.4, 0.5) is 8.78 Å². The van der Waals surface area contributed by atoms with E-state index in [4.69, 9.17) is 0 Å². The number of alkyl halides is 2. The standard InChI is InChI=1S/C26H33F2N3O3/c27-26(28)11-9-19(10-12-26)29-21-4-2-1-3-17(21)13-16-5-6-20-18(14-16)15-31(25(20)34)22-7-8-23(32)30-24(22)33/h5-6,14,17,19,21-22,29H,1-4,7-13,15H2,(H,30,32,33)/t17-,21+,22-/m1/s1. The Morgan fingerprint density at radius 1 is 1.03 bits per heavy atom. The Hall–Kier alpha value is -2.35. The molecule has 1 aromatic carbocycles. The number of carbonyl (C=O) groups is 3. The molecule has 184 valence electrons. The van der Waals surface area contributed by atoms with Crippen molar-refractivity contribution in [1.29, 1.82) is 0 Å². The van der Waals surface area contributed by atoms with Crippen LogP contribution in [0.1, 0.15) is 85.7 Å². The summed E-state index contributed by atoms with van der Waals surface area (Å²) in [7, 11) is 0. The first-order chi connectivity index (χ1) is 16.3. The van der Waals surface area contributed by atoms with E-state index in [0.29, 0.717) is 43.3 Å². The first-order valence-corrected chi connectivity index (χ1v) is 12.7. The van der Waals surface area contributed by atoms with Gasteiger partial charge in [0.15, 0.2) is 0 Å². The fourth-order valence-electron chi connectivity index (χ4n) is 6.24. The number of halogens is 2. The molecule has 0 aromatic heterocycles. The third-order valence-electron chi connectivity index (χ3n) is 8.16. The van der Waals surface area contributed by atoms with Gasteiger partial charge in [-0.15, -0.1) is 0 Å². The van der Waals surface area contributed by atoms with E-state index >= 15 is 0 Å². The maximum absolute atomic E-state index is 13.5. The van der Waals surface area contributed by atoms with E-state index in [1.54, 1.807) is 4.90 Å². The molecule has 4 aliphatic rings. The van der Waals surface area contributed by atoms with Gasteiger partial charge in [0.2, 0.25) is 17.7 Å². The van der Waals surface area contributed by atoms with Crippen molar-refractivity contribution in [2.45, 2.75) is 101 Å². The van der Waals surface area contributed by atoms with E-state index in [2.05, 4.69) is 16.7 Å². The second-order valence-electron chi connectivity index (χ2n) is 10.5. The predicted molar refractivity (Wildman–Crippen MR) is 122 cm³/mol. The van der Waals surface area contributed by atoms with Gasteiger partial charge in [0, 0.05) is 43.5 Å². The monoisotopic (exact) mass is 473 g/mol. The lowest BCUT2D eigenvalue weighted by Crippen LogP contribution is -2.52. The molecule has 0 bridgehead atoms. The summed E-state index contributed by atoms with van der Waals surface area (Å²) in [6.07, 6.45) is 7.05. The molecule has 6 nitrogen and oxygen atoms in total. The Morgan fingerprint density at radius 3 is 2.56 bits per heavy atom. The average molecular weight is 474 g/mol. The Kier molecular flexibility index (Phi) is 6.44. The normalized spacial score (nSPS) is 29.8. The highest BCUT2D eigenvalue weighted by Crippen LogP contribution is 2.36. The molecule has 3 fully saturated rings. The summed E-state index contributed by atoms with van der Waals surface area (Å²) < 4.78 is 27.1. The van der Waals surface area contributed by atoms with Gasteiger partial charge in [0.1, 0.15) is 6.04 Å². The van der Waals surface area contributed by atoms with Crippen LogP contribution in [0, 0.1) is 5.92 Å². The Bertz CT molecular complexity index is 972. The van der Waals surface area contributed by atoms with E-state index in [1.807, 2.05) is 12.1 Å². The Labute approximate surface area is 198 Å². The van der Waals surface area contributed by atoms with Crippen molar-refractivity contribution in [3.05, 3.63) is 34.9 Å². The first kappa shape index (κ1) is 23.4. The minimum Gasteiger partial charge on any atom is -0.322 e. The quantitative estimate of drug-likeness (QED) is 0.639. The fourth-order valence-corrected chi connectivity index (χ4v) is 6.24. The van der Waals surface area contributed by atoms with Crippen LogP contribution < -0.4 is 10.6 Å². The zero-order chi connectivity index (χ0) is 23.9. The highest BCUT2D eigenvalue weighted by Gasteiger charge is 2.40. The largest absolute Gasteiger partial charge is 0.322 e. The van der Waals surface area contributed by atoms with Crippen molar-refractivity contribution in [2.24, 2.45) is 5.92 Å². The number of hydrogen-bond acceptors (Lipinski definition) is 4. The van der Waals surface area contributed by atoms with Crippen LogP contribution in [0.25, 0.3) is 0 Å². The van der Waals surface area contributed by atoms with E-state index in [-0.39, 0.29) is 37.1 Å². The van der Waals surface area contributed by atoms with Crippen LogP contribution in [0.3, 0.4) is 0 Å². The van der Waals surface area contributed by atoms with Crippen LogP contribution in [0.5, 0.6) is 0 Å². The topological polar surface area (TPSA) is 78.5 Å². The second kappa shape index (κ2) is 9.36. The molecule has 3 amide bonds. The molecule has 8 heteroatoms. The lowest BCUT2D eigenvalue weighted by atomic mass is 9.79. The van der Waals surface area contributed by atoms with Crippen LogP contribution in [0.2, 0.25) is 0 Å². The molecule has 0 radical (unpaired) electrons. The molecule has 1 aromatic rings. The van der Waals surface area contributed by atoms with Crippen molar-refractivity contribution >= 4 is 17.7 Å². The molecule has 2 heterocycles. The Morgan fingerprint density at radius 2 is 1.79 bits per heavy atom. The molecule has 2 N–H and O–H groups in total. The number of hydrogen-bond donors (Lipinski definition) is 2. The molecule has 0 unspecified atom stereocenters. The van der Waals surface area contributed by atoms with Crippen molar-refractivity contribution in [3.63, 3.8) is 0 Å². The summed E-state index contributed by atoms with van der Waals surface area (Å²) in [5.41, 5.74) is 2.74. The lowest BCUT2D eigenvalue weighted by molar-refractivity contribution is -0.136. The first-order valence-electron chi connectivity index (χ1n) is 12.7. The molecule has 3 atom stereocenters. The molecule has 2 aliphatic heterocycles. The van der Waals surface area contributed by atoms with Gasteiger partial charge in [-0.05, 0) is 61.6 Å². The summed E-state index contributed by atoms with van der Waals surface area (Å²) in [5, 5.41) is 6.06. The summed E-state index contributed by atoms with van der Waals surface area (Å²) in [6, 6.07) is 5.87. The molecule has 2 aliphatic carbocycles. The van der Waals surface area contributed by atoms with Crippen LogP contribution in [-0.4, -0.2) is 46.7 Å². The van der Waals surface area contributed by atoms with Gasteiger partial charge in [-0.25, -0.2) is 8.78 Å². The number of piperidine rings is 1. The minimum absolute atomic E-state index is 0.0232. The molecule has 34 heavy (non-hydrogen) atoms. The van der Waals surface area contributed by atoms with Crippen LogP contribution in [-0.2, 0) is 22.6 Å². The van der Waals surface area contributed by atoms with Crippen LogP contribution in [0.15, 0.2) is 18.2 Å². The molecular formula is C26H33F2N3O3. The smallest absolute Gasteiger partial charge is 0.255 e. The third kappa shape index (κ3) is 4.88. The van der Waals surface area contributed by atoms with Gasteiger partial charge in [0.25, 0.3) is 5.91 Å². The number of nitrogens with one attached hydrogen (secondary N) is 2. The van der Waals surface area contributed by atoms with Crippen molar-refractivity contribution in [1.82, 2.24) is 15.5 Å². The fraction of sp³-hybridized carbons (Fsp3) is 0.654. The SMILES string of the molecule is O=C1CC[C@@H](N2Cc3cc(C[C@H]4CCCC[C@@H]4NC4CCC(F)(F)CC4)ccc3C2=O)C(=O)N1. The summed E-state index contributed by atoms with van der Waals surface area (Å²) in [6.45, 7) is 0.386. The maximum Gasteiger partial charge on any atom is 0.255 e. The van der Waals surface area contributed by atoms with Gasteiger partial charge in [-0.3, -0.25) is 19.7 Å². The van der Waals surface area contributed by atoms with E-state index in [9.17, 15) is 23.2 Å². The highest BCUT2D eigenvalue weighted by molar-refractivity contribution is 6.05. The number of benzene rings is 1. The summed E-state index contributed by atoms with van der Waals surface area (Å²) in [5.74, 6) is -2.90. The van der Waals surface area contributed by atoms with E-state index in [1.165, 1.54) is 12.0 Å².